The van der Waals surface area contributed by atoms with Crippen LogP contribution in [0.5, 0.6) is 11.5 Å². The molecule has 0 aliphatic carbocycles. The Kier molecular flexibility index (Phi) is 5.70. The topological polar surface area (TPSA) is 34.1 Å². The molecule has 3 nitrogen and oxygen atoms in total. The maximum Gasteiger partial charge on any atom is 0.165 e. The second-order valence-corrected chi connectivity index (χ2v) is 6.10. The van der Waals surface area contributed by atoms with Gasteiger partial charge in [-0.05, 0) is 36.7 Å². The van der Waals surface area contributed by atoms with Gasteiger partial charge in [0.25, 0.3) is 0 Å². The lowest BCUT2D eigenvalue weighted by atomic mass is 10.2. The molecule has 21 heavy (non-hydrogen) atoms. The summed E-state index contributed by atoms with van der Waals surface area (Å²) in [6.45, 7) is 5.88. The Morgan fingerprint density at radius 1 is 1.29 bits per heavy atom. The first kappa shape index (κ1) is 15.9. The quantitative estimate of drug-likeness (QED) is 0.829. The number of halogens is 2. The molecule has 0 spiro atoms. The molecule has 1 heterocycles. The van der Waals surface area contributed by atoms with Gasteiger partial charge in [-0.3, -0.25) is 4.98 Å². The first-order chi connectivity index (χ1) is 10.0. The Hall–Kier alpha value is -1.46. The van der Waals surface area contributed by atoms with Crippen LogP contribution >= 0.6 is 15.9 Å². The van der Waals surface area contributed by atoms with Gasteiger partial charge in [0.05, 0.1) is 5.69 Å². The fraction of sp³-hybridized carbons (Fsp3) is 0.312. The summed E-state index contributed by atoms with van der Waals surface area (Å²) in [5, 5.41) is 3.31. The van der Waals surface area contributed by atoms with E-state index in [0.29, 0.717) is 18.2 Å². The number of benzene rings is 1. The highest BCUT2D eigenvalue weighted by Gasteiger charge is 2.06. The zero-order chi connectivity index (χ0) is 15.2. The largest absolute Gasteiger partial charge is 0.454 e. The van der Waals surface area contributed by atoms with Gasteiger partial charge in [-0.15, -0.1) is 0 Å². The molecule has 0 fully saturated rings. The maximum atomic E-state index is 13.7. The molecule has 2 aromatic rings. The highest BCUT2D eigenvalue weighted by molar-refractivity contribution is 9.10. The van der Waals surface area contributed by atoms with E-state index in [4.69, 9.17) is 4.74 Å². The van der Waals surface area contributed by atoms with Gasteiger partial charge in [-0.2, -0.15) is 0 Å². The number of nitrogens with zero attached hydrogens (tertiary/aromatic N) is 1. The molecule has 1 N–H and O–H groups in total. The number of aromatic nitrogens is 1. The van der Waals surface area contributed by atoms with E-state index in [1.165, 1.54) is 6.07 Å². The van der Waals surface area contributed by atoms with Crippen molar-refractivity contribution in [2.75, 3.05) is 6.54 Å². The van der Waals surface area contributed by atoms with Crippen molar-refractivity contribution >= 4 is 15.9 Å². The van der Waals surface area contributed by atoms with E-state index in [1.54, 1.807) is 24.4 Å². The highest BCUT2D eigenvalue weighted by Crippen LogP contribution is 2.27. The molecule has 0 saturated carbocycles. The summed E-state index contributed by atoms with van der Waals surface area (Å²) in [4.78, 5) is 4.27. The first-order valence-electron chi connectivity index (χ1n) is 6.83. The minimum Gasteiger partial charge on any atom is -0.454 e. The van der Waals surface area contributed by atoms with E-state index in [1.807, 2.05) is 6.07 Å². The molecule has 5 heteroatoms. The van der Waals surface area contributed by atoms with Gasteiger partial charge in [0.1, 0.15) is 5.75 Å². The van der Waals surface area contributed by atoms with E-state index < -0.39 is 5.82 Å². The van der Waals surface area contributed by atoms with Crippen molar-refractivity contribution in [3.8, 4) is 11.5 Å². The number of hydrogen-bond donors (Lipinski definition) is 1. The van der Waals surface area contributed by atoms with Crippen LogP contribution in [0.1, 0.15) is 19.5 Å². The minimum atomic E-state index is -0.394. The van der Waals surface area contributed by atoms with Gasteiger partial charge in [0, 0.05) is 23.3 Å². The predicted octanol–water partition coefficient (Wildman–Crippen LogP) is 4.52. The lowest BCUT2D eigenvalue weighted by molar-refractivity contribution is 0.440. The molecule has 1 aromatic heterocycles. The standard InChI is InChI=1S/C16H18BrFN2O/c1-11(2)9-19-10-13-8-14(5-6-20-13)21-16-7-12(17)3-4-15(16)18/h3-8,11,19H,9-10H2,1-2H3. The van der Waals surface area contributed by atoms with E-state index >= 15 is 0 Å². The van der Waals surface area contributed by atoms with Crippen LogP contribution < -0.4 is 10.1 Å². The summed E-state index contributed by atoms with van der Waals surface area (Å²) in [5.41, 5.74) is 0.864. The summed E-state index contributed by atoms with van der Waals surface area (Å²) in [6.07, 6.45) is 1.66. The van der Waals surface area contributed by atoms with Crippen molar-refractivity contribution < 1.29 is 9.13 Å². The van der Waals surface area contributed by atoms with E-state index in [0.717, 1.165) is 16.7 Å². The Morgan fingerprint density at radius 3 is 2.86 bits per heavy atom. The van der Waals surface area contributed by atoms with Crippen LogP contribution in [0.2, 0.25) is 0 Å². The fourth-order valence-corrected chi connectivity index (χ4v) is 2.13. The Morgan fingerprint density at radius 2 is 2.10 bits per heavy atom. The van der Waals surface area contributed by atoms with Crippen LogP contribution in [0.15, 0.2) is 41.0 Å². The zero-order valence-electron chi connectivity index (χ0n) is 12.1. The van der Waals surface area contributed by atoms with Crippen LogP contribution in [0, 0.1) is 11.7 Å². The average molecular weight is 353 g/mol. The summed E-state index contributed by atoms with van der Waals surface area (Å²) in [5.74, 6) is 0.953. The van der Waals surface area contributed by atoms with Crippen LogP contribution in [0.4, 0.5) is 4.39 Å². The molecule has 0 saturated heterocycles. The minimum absolute atomic E-state index is 0.191. The molecule has 0 aliphatic heterocycles. The monoisotopic (exact) mass is 352 g/mol. The Balaban J connectivity index is 2.05. The number of nitrogens with one attached hydrogen (secondary N) is 1. The fourth-order valence-electron chi connectivity index (χ4n) is 1.79. The number of pyridine rings is 1. The van der Waals surface area contributed by atoms with Crippen molar-refractivity contribution in [3.63, 3.8) is 0 Å². The van der Waals surface area contributed by atoms with E-state index in [-0.39, 0.29) is 5.75 Å². The highest BCUT2D eigenvalue weighted by atomic mass is 79.9. The lowest BCUT2D eigenvalue weighted by Crippen LogP contribution is -2.19. The van der Waals surface area contributed by atoms with Crippen molar-refractivity contribution in [1.82, 2.24) is 10.3 Å². The molecule has 0 bridgehead atoms. The van der Waals surface area contributed by atoms with Crippen molar-refractivity contribution in [3.05, 3.63) is 52.5 Å². The van der Waals surface area contributed by atoms with Gasteiger partial charge < -0.3 is 10.1 Å². The average Bonchev–Trinajstić information content (AvgIpc) is 2.43. The summed E-state index contributed by atoms with van der Waals surface area (Å²) in [6, 6.07) is 8.13. The van der Waals surface area contributed by atoms with Crippen LogP contribution in [0.3, 0.4) is 0 Å². The molecule has 2 rings (SSSR count). The molecule has 0 atom stereocenters. The second kappa shape index (κ2) is 7.52. The third-order valence-corrected chi connectivity index (χ3v) is 3.26. The molecule has 0 aliphatic rings. The molecular weight excluding hydrogens is 335 g/mol. The van der Waals surface area contributed by atoms with Gasteiger partial charge in [-0.25, -0.2) is 4.39 Å². The molecule has 0 amide bonds. The summed E-state index contributed by atoms with van der Waals surface area (Å²) < 4.78 is 20.0. The predicted molar refractivity (Wildman–Crippen MR) is 85.0 cm³/mol. The van der Waals surface area contributed by atoms with Gasteiger partial charge >= 0.3 is 0 Å². The van der Waals surface area contributed by atoms with Crippen LogP contribution in [0.25, 0.3) is 0 Å². The SMILES string of the molecule is CC(C)CNCc1cc(Oc2cc(Br)ccc2F)ccn1. The third-order valence-electron chi connectivity index (χ3n) is 2.77. The molecule has 0 radical (unpaired) electrons. The van der Waals surface area contributed by atoms with Crippen LogP contribution in [-0.4, -0.2) is 11.5 Å². The van der Waals surface area contributed by atoms with Gasteiger partial charge in [0.15, 0.2) is 11.6 Å². The molecule has 1 aromatic carbocycles. The summed E-state index contributed by atoms with van der Waals surface area (Å²) in [7, 11) is 0. The van der Waals surface area contributed by atoms with Crippen LogP contribution in [-0.2, 0) is 6.54 Å². The number of ether oxygens (including phenoxy) is 1. The molecular formula is C16H18BrFN2O. The lowest BCUT2D eigenvalue weighted by Gasteiger charge is -2.10. The normalized spacial score (nSPS) is 10.9. The number of hydrogen-bond acceptors (Lipinski definition) is 3. The van der Waals surface area contributed by atoms with Crippen molar-refractivity contribution in [2.24, 2.45) is 5.92 Å². The Bertz CT molecular complexity index is 605. The summed E-state index contributed by atoms with van der Waals surface area (Å²) >= 11 is 3.30. The molecule has 0 unspecified atom stereocenters. The first-order valence-corrected chi connectivity index (χ1v) is 7.62. The smallest absolute Gasteiger partial charge is 0.165 e. The number of rotatable bonds is 6. The Labute approximate surface area is 132 Å². The maximum absolute atomic E-state index is 13.7. The second-order valence-electron chi connectivity index (χ2n) is 5.18. The van der Waals surface area contributed by atoms with Crippen molar-refractivity contribution in [1.29, 1.82) is 0 Å². The molecule has 112 valence electrons. The van der Waals surface area contributed by atoms with Crippen molar-refractivity contribution in [2.45, 2.75) is 20.4 Å². The van der Waals surface area contributed by atoms with Gasteiger partial charge in [-0.1, -0.05) is 29.8 Å². The third kappa shape index (κ3) is 5.10. The zero-order valence-corrected chi connectivity index (χ0v) is 13.7. The van der Waals surface area contributed by atoms with E-state index in [2.05, 4.69) is 40.1 Å². The van der Waals surface area contributed by atoms with Gasteiger partial charge in [0.2, 0.25) is 0 Å². The van der Waals surface area contributed by atoms with E-state index in [9.17, 15) is 4.39 Å².